The molecule has 4 aliphatic rings. The van der Waals surface area contributed by atoms with E-state index in [4.69, 9.17) is 11.4 Å². The number of rotatable bonds is 3. The third-order valence-corrected chi connectivity index (χ3v) is 11.2. The summed E-state index contributed by atoms with van der Waals surface area (Å²) in [5.74, 6) is 5.49. The minimum atomic E-state index is -0.151. The van der Waals surface area contributed by atoms with E-state index in [9.17, 15) is 4.79 Å². The summed E-state index contributed by atoms with van der Waals surface area (Å²) < 4.78 is 3.15. The summed E-state index contributed by atoms with van der Waals surface area (Å²) in [7, 11) is 0. The Morgan fingerprint density at radius 1 is 1.02 bits per heavy atom. The zero-order chi connectivity index (χ0) is 27.4. The maximum absolute atomic E-state index is 13.3. The van der Waals surface area contributed by atoms with E-state index in [-0.39, 0.29) is 11.0 Å². The van der Waals surface area contributed by atoms with Crippen LogP contribution in [0.2, 0.25) is 0 Å². The molecule has 7 rings (SSSR count). The number of halogens is 1. The van der Waals surface area contributed by atoms with E-state index in [2.05, 4.69) is 62.2 Å². The van der Waals surface area contributed by atoms with E-state index >= 15 is 0 Å². The van der Waals surface area contributed by atoms with Gasteiger partial charge in [-0.1, -0.05) is 44.0 Å². The molecule has 2 aromatic carbocycles. The van der Waals surface area contributed by atoms with Gasteiger partial charge in [0, 0.05) is 29.2 Å². The van der Waals surface area contributed by atoms with Gasteiger partial charge in [-0.05, 0) is 108 Å². The molecule has 5 heteroatoms. The Hall–Kier alpha value is -2.84. The molecule has 40 heavy (non-hydrogen) atoms. The highest BCUT2D eigenvalue weighted by molar-refractivity contribution is 9.10. The van der Waals surface area contributed by atoms with Crippen molar-refractivity contribution >= 4 is 26.8 Å². The van der Waals surface area contributed by atoms with Gasteiger partial charge in [0.05, 0.1) is 22.0 Å². The van der Waals surface area contributed by atoms with Crippen LogP contribution in [0.25, 0.3) is 16.6 Å². The van der Waals surface area contributed by atoms with Crippen molar-refractivity contribution in [3.8, 4) is 18.0 Å². The number of hydrogen-bond donors (Lipinski definition) is 0. The Labute approximate surface area is 246 Å². The Balaban J connectivity index is 1.20. The molecule has 1 aromatic heterocycles. The molecule has 1 spiro atoms. The molecule has 3 heterocycles. The fraction of sp³-hybridized carbons (Fsp3) is 0.486. The Bertz CT molecular complexity index is 1570. The van der Waals surface area contributed by atoms with Crippen LogP contribution < -0.4 is 5.56 Å². The number of aromatic nitrogens is 2. The van der Waals surface area contributed by atoms with E-state index in [1.54, 1.807) is 0 Å². The monoisotopic (exact) mass is 595 g/mol. The number of hydrogen-bond acceptors (Lipinski definition) is 3. The Morgan fingerprint density at radius 3 is 2.50 bits per heavy atom. The molecule has 2 saturated carbocycles. The van der Waals surface area contributed by atoms with Crippen molar-refractivity contribution in [1.82, 2.24) is 14.5 Å². The van der Waals surface area contributed by atoms with E-state index < -0.39 is 0 Å². The fourth-order valence-electron chi connectivity index (χ4n) is 8.30. The second-order valence-corrected chi connectivity index (χ2v) is 13.5. The molecular weight excluding hydrogens is 558 g/mol. The highest BCUT2D eigenvalue weighted by Gasteiger charge is 2.46. The number of piperidine rings is 1. The lowest BCUT2D eigenvalue weighted by molar-refractivity contribution is 0.214. The lowest BCUT2D eigenvalue weighted by atomic mass is 9.69. The lowest BCUT2D eigenvalue weighted by Gasteiger charge is -2.39. The molecule has 3 aromatic rings. The van der Waals surface area contributed by atoms with Gasteiger partial charge in [0.15, 0.2) is 0 Å². The number of allylic oxidation sites excluding steroid dienone is 1. The zero-order valence-corrected chi connectivity index (χ0v) is 24.9. The molecular formula is C35H38BrN3O. The molecule has 0 N–H and O–H groups in total. The first-order chi connectivity index (χ1) is 19.5. The second kappa shape index (κ2) is 10.2. The minimum absolute atomic E-state index is 0.118. The summed E-state index contributed by atoms with van der Waals surface area (Å²) >= 11 is 3.64. The molecule has 1 saturated heterocycles. The maximum Gasteiger partial charge on any atom is 0.281 e. The van der Waals surface area contributed by atoms with Crippen LogP contribution in [0, 0.1) is 24.2 Å². The van der Waals surface area contributed by atoms with Crippen LogP contribution in [-0.2, 0) is 5.41 Å². The molecule has 0 unspecified atom stereocenters. The standard InChI is InChI=1S/C35H38BrN3O/c1-3-24-10-12-25(13-11-24)23(2)38-20-16-26(17-21-38)27-14-15-28-31(22-27)39-30-9-7-8-29(36)32(30)33(40)37-34(39)35(28)18-5-4-6-19-35/h1,7-9,14-15,22,24-26H,2,4-6,10-13,16-21H2. The van der Waals surface area contributed by atoms with Gasteiger partial charge in [-0.15, -0.1) is 12.3 Å². The second-order valence-electron chi connectivity index (χ2n) is 12.6. The van der Waals surface area contributed by atoms with Crippen molar-refractivity contribution in [3.05, 3.63) is 80.5 Å². The predicted molar refractivity (Wildman–Crippen MR) is 166 cm³/mol. The molecule has 0 radical (unpaired) electrons. The normalized spacial score (nSPS) is 24.1. The Kier molecular flexibility index (Phi) is 6.66. The predicted octanol–water partition coefficient (Wildman–Crippen LogP) is 7.84. The average molecular weight is 597 g/mol. The first kappa shape index (κ1) is 26.1. The zero-order valence-electron chi connectivity index (χ0n) is 23.3. The van der Waals surface area contributed by atoms with E-state index in [1.165, 1.54) is 54.6 Å². The van der Waals surface area contributed by atoms with E-state index in [1.807, 2.05) is 12.1 Å². The summed E-state index contributed by atoms with van der Waals surface area (Å²) in [4.78, 5) is 20.7. The topological polar surface area (TPSA) is 38.1 Å². The lowest BCUT2D eigenvalue weighted by Crippen LogP contribution is -2.35. The molecule has 2 aliphatic heterocycles. The summed E-state index contributed by atoms with van der Waals surface area (Å²) in [6.07, 6.45) is 18.3. The summed E-state index contributed by atoms with van der Waals surface area (Å²) in [6.45, 7) is 6.69. The molecule has 206 valence electrons. The Morgan fingerprint density at radius 2 is 1.77 bits per heavy atom. The molecule has 3 fully saturated rings. The van der Waals surface area contributed by atoms with E-state index in [0.29, 0.717) is 23.1 Å². The van der Waals surface area contributed by atoms with Crippen molar-refractivity contribution in [3.63, 3.8) is 0 Å². The molecule has 0 amide bonds. The third kappa shape index (κ3) is 4.09. The fourth-order valence-corrected chi connectivity index (χ4v) is 8.83. The average Bonchev–Trinajstić information content (AvgIpc) is 3.25. The first-order valence-corrected chi connectivity index (χ1v) is 16.1. The molecule has 0 bridgehead atoms. The van der Waals surface area contributed by atoms with Gasteiger partial charge in [-0.25, -0.2) is 0 Å². The van der Waals surface area contributed by atoms with Crippen LogP contribution in [0.5, 0.6) is 0 Å². The van der Waals surface area contributed by atoms with Crippen LogP contribution in [-0.4, -0.2) is 27.5 Å². The number of likely N-dealkylation sites (tertiary alicyclic amines) is 1. The van der Waals surface area contributed by atoms with Gasteiger partial charge in [-0.2, -0.15) is 4.98 Å². The van der Waals surface area contributed by atoms with Crippen molar-refractivity contribution in [2.45, 2.75) is 82.0 Å². The summed E-state index contributed by atoms with van der Waals surface area (Å²) in [5, 5.41) is 0.679. The number of nitrogens with zero attached hydrogens (tertiary/aromatic N) is 3. The number of fused-ring (bicyclic) bond motifs is 7. The van der Waals surface area contributed by atoms with Crippen molar-refractivity contribution in [1.29, 1.82) is 0 Å². The highest BCUT2D eigenvalue weighted by atomic mass is 79.9. The first-order valence-electron chi connectivity index (χ1n) is 15.3. The van der Waals surface area contributed by atoms with Gasteiger partial charge in [-0.3, -0.25) is 9.36 Å². The van der Waals surface area contributed by atoms with Crippen molar-refractivity contribution in [2.24, 2.45) is 11.8 Å². The van der Waals surface area contributed by atoms with Gasteiger partial charge in [0.25, 0.3) is 5.56 Å². The molecule has 0 atom stereocenters. The van der Waals surface area contributed by atoms with Gasteiger partial charge >= 0.3 is 0 Å². The largest absolute Gasteiger partial charge is 0.375 e. The van der Waals surface area contributed by atoms with Crippen LogP contribution in [0.4, 0.5) is 0 Å². The van der Waals surface area contributed by atoms with E-state index in [0.717, 1.165) is 67.4 Å². The van der Waals surface area contributed by atoms with Gasteiger partial charge in [0.2, 0.25) is 0 Å². The SMILES string of the molecule is C#CC1CCC(C(=C)N2CCC(c3ccc4c(c3)-n3c(nc(=O)c5c(Br)cccc53)C43CCCCC3)CC2)CC1. The number of benzene rings is 2. The maximum atomic E-state index is 13.3. The number of terminal acetylenes is 1. The summed E-state index contributed by atoms with van der Waals surface area (Å²) in [6, 6.07) is 13.3. The third-order valence-electron chi connectivity index (χ3n) is 10.6. The van der Waals surface area contributed by atoms with Crippen molar-refractivity contribution in [2.75, 3.05) is 13.1 Å². The quantitative estimate of drug-likeness (QED) is 0.289. The van der Waals surface area contributed by atoms with Crippen LogP contribution in [0.15, 0.2) is 57.9 Å². The van der Waals surface area contributed by atoms with Crippen LogP contribution in [0.1, 0.15) is 93.5 Å². The molecule has 4 nitrogen and oxygen atoms in total. The summed E-state index contributed by atoms with van der Waals surface area (Å²) in [5.41, 5.74) is 6.05. The smallest absolute Gasteiger partial charge is 0.281 e. The van der Waals surface area contributed by atoms with Gasteiger partial charge < -0.3 is 4.90 Å². The highest BCUT2D eigenvalue weighted by Crippen LogP contribution is 2.52. The van der Waals surface area contributed by atoms with Crippen molar-refractivity contribution < 1.29 is 0 Å². The van der Waals surface area contributed by atoms with Crippen LogP contribution >= 0.6 is 15.9 Å². The van der Waals surface area contributed by atoms with Crippen LogP contribution in [0.3, 0.4) is 0 Å². The minimum Gasteiger partial charge on any atom is -0.375 e. The van der Waals surface area contributed by atoms with Gasteiger partial charge in [0.1, 0.15) is 5.82 Å². The molecule has 2 aliphatic carbocycles.